The summed E-state index contributed by atoms with van der Waals surface area (Å²) in [6, 6.07) is 4.58. The molecule has 1 aromatic carbocycles. The third-order valence-corrected chi connectivity index (χ3v) is 7.48. The highest BCUT2D eigenvalue weighted by Crippen LogP contribution is 2.29. The fourth-order valence-electron chi connectivity index (χ4n) is 5.16. The van der Waals surface area contributed by atoms with Crippen LogP contribution in [0.2, 0.25) is 0 Å². The zero-order chi connectivity index (χ0) is 26.9. The van der Waals surface area contributed by atoms with E-state index in [0.29, 0.717) is 36.6 Å². The van der Waals surface area contributed by atoms with Crippen LogP contribution in [-0.2, 0) is 9.53 Å². The number of carbonyl (C=O) groups is 3. The first-order valence-electron chi connectivity index (χ1n) is 13.7. The maximum Gasteiger partial charge on any atom is 0.319 e. The van der Waals surface area contributed by atoms with E-state index in [-0.39, 0.29) is 48.4 Å². The number of nitrogens with zero attached hydrogens (tertiary/aromatic N) is 2. The van der Waals surface area contributed by atoms with Gasteiger partial charge < -0.3 is 29.9 Å². The minimum Gasteiger partial charge on any atom is -0.491 e. The van der Waals surface area contributed by atoms with Gasteiger partial charge in [0, 0.05) is 51.3 Å². The highest BCUT2D eigenvalue weighted by Gasteiger charge is 2.33. The molecule has 0 spiro atoms. The van der Waals surface area contributed by atoms with Crippen LogP contribution in [0.25, 0.3) is 0 Å². The number of fused-ring (bicyclic) bond motifs is 1. The van der Waals surface area contributed by atoms with E-state index in [4.69, 9.17) is 9.47 Å². The molecular formula is C28H44N4O5. The van der Waals surface area contributed by atoms with Crippen LogP contribution in [0, 0.1) is 11.8 Å². The fraction of sp³-hybridized carbons (Fsp3) is 0.679. The van der Waals surface area contributed by atoms with Gasteiger partial charge in [0.25, 0.3) is 5.91 Å². The van der Waals surface area contributed by atoms with E-state index in [9.17, 15) is 14.4 Å². The minimum atomic E-state index is -0.324. The second-order valence-electron chi connectivity index (χ2n) is 10.5. The maximum absolute atomic E-state index is 13.6. The van der Waals surface area contributed by atoms with Crippen molar-refractivity contribution in [3.63, 3.8) is 0 Å². The Bertz CT molecular complexity index is 933. The number of ether oxygens (including phenoxy) is 2. The summed E-state index contributed by atoms with van der Waals surface area (Å²) in [4.78, 5) is 42.9. The molecule has 1 aromatic rings. The minimum absolute atomic E-state index is 0.0180. The highest BCUT2D eigenvalue weighted by atomic mass is 16.5. The van der Waals surface area contributed by atoms with E-state index in [0.717, 1.165) is 32.1 Å². The van der Waals surface area contributed by atoms with Crippen molar-refractivity contribution in [3.05, 3.63) is 23.8 Å². The second-order valence-corrected chi connectivity index (χ2v) is 10.5. The zero-order valence-electron chi connectivity index (χ0n) is 23.0. The van der Waals surface area contributed by atoms with Crippen molar-refractivity contribution < 1.29 is 23.9 Å². The predicted octanol–water partition coefficient (Wildman–Crippen LogP) is 4.13. The Kier molecular flexibility index (Phi) is 10.6. The molecule has 1 heterocycles. The summed E-state index contributed by atoms with van der Waals surface area (Å²) >= 11 is 0. The average molecular weight is 517 g/mol. The van der Waals surface area contributed by atoms with E-state index in [1.54, 1.807) is 37.3 Å². The van der Waals surface area contributed by atoms with Crippen molar-refractivity contribution >= 4 is 23.5 Å². The lowest BCUT2D eigenvalue weighted by Gasteiger charge is -2.38. The molecule has 1 aliphatic heterocycles. The maximum atomic E-state index is 13.6. The third kappa shape index (κ3) is 7.60. The van der Waals surface area contributed by atoms with Crippen molar-refractivity contribution in [3.8, 4) is 5.75 Å². The number of hydrogen-bond donors (Lipinski definition) is 2. The summed E-state index contributed by atoms with van der Waals surface area (Å²) in [6.07, 6.45) is 5.84. The normalized spacial score (nSPS) is 23.8. The molecular weight excluding hydrogens is 472 g/mol. The van der Waals surface area contributed by atoms with Gasteiger partial charge in [0.05, 0.1) is 17.7 Å². The van der Waals surface area contributed by atoms with Gasteiger partial charge in [0.1, 0.15) is 12.4 Å². The number of rotatable bonds is 5. The molecule has 0 saturated heterocycles. The van der Waals surface area contributed by atoms with Crippen LogP contribution in [-0.4, -0.2) is 80.2 Å². The van der Waals surface area contributed by atoms with Gasteiger partial charge in [0.2, 0.25) is 5.91 Å². The number of nitrogens with one attached hydrogen (secondary N) is 2. The van der Waals surface area contributed by atoms with E-state index in [1.165, 1.54) is 6.42 Å². The predicted molar refractivity (Wildman–Crippen MR) is 144 cm³/mol. The number of hydrogen-bond acceptors (Lipinski definition) is 5. The van der Waals surface area contributed by atoms with Gasteiger partial charge in [-0.2, -0.15) is 0 Å². The summed E-state index contributed by atoms with van der Waals surface area (Å²) in [6.45, 7) is 7.78. The first-order valence-corrected chi connectivity index (χ1v) is 13.7. The molecule has 4 amide bonds. The topological polar surface area (TPSA) is 100 Å². The van der Waals surface area contributed by atoms with Crippen LogP contribution < -0.4 is 15.4 Å². The molecule has 9 heteroatoms. The van der Waals surface area contributed by atoms with Gasteiger partial charge in [-0.05, 0) is 44.4 Å². The Morgan fingerprint density at radius 3 is 2.54 bits per heavy atom. The number of carbonyl (C=O) groups excluding carboxylic acids is 3. The Morgan fingerprint density at radius 2 is 1.86 bits per heavy atom. The lowest BCUT2D eigenvalue weighted by molar-refractivity contribution is -0.141. The van der Waals surface area contributed by atoms with Crippen molar-refractivity contribution in [2.75, 3.05) is 45.7 Å². The molecule has 37 heavy (non-hydrogen) atoms. The van der Waals surface area contributed by atoms with Crippen LogP contribution in [0.1, 0.15) is 69.7 Å². The van der Waals surface area contributed by atoms with E-state index in [2.05, 4.69) is 17.6 Å². The number of benzene rings is 1. The summed E-state index contributed by atoms with van der Waals surface area (Å²) in [7, 11) is 3.38. The fourth-order valence-corrected chi connectivity index (χ4v) is 5.16. The van der Waals surface area contributed by atoms with Crippen LogP contribution in [0.4, 0.5) is 10.5 Å². The van der Waals surface area contributed by atoms with Gasteiger partial charge in [-0.3, -0.25) is 9.59 Å². The van der Waals surface area contributed by atoms with Crippen LogP contribution >= 0.6 is 0 Å². The van der Waals surface area contributed by atoms with Crippen LogP contribution in [0.15, 0.2) is 18.2 Å². The smallest absolute Gasteiger partial charge is 0.319 e. The zero-order valence-corrected chi connectivity index (χ0v) is 23.0. The highest BCUT2D eigenvalue weighted by molar-refractivity contribution is 5.99. The number of likely N-dealkylation sites (N-methyl/N-ethyl adjacent to an activating group) is 1. The molecule has 0 bridgehead atoms. The van der Waals surface area contributed by atoms with Crippen LogP contribution in [0.3, 0.4) is 0 Å². The monoisotopic (exact) mass is 516 g/mol. The number of anilines is 1. The first kappa shape index (κ1) is 28.8. The molecule has 2 N–H and O–H groups in total. The lowest BCUT2D eigenvalue weighted by Crippen LogP contribution is -2.50. The molecule has 3 atom stereocenters. The molecule has 0 aromatic heterocycles. The summed E-state index contributed by atoms with van der Waals surface area (Å²) in [5.41, 5.74) is 0.861. The molecule has 1 saturated carbocycles. The van der Waals surface area contributed by atoms with Gasteiger partial charge in [-0.25, -0.2) is 4.79 Å². The quantitative estimate of drug-likeness (QED) is 0.613. The molecule has 1 aliphatic carbocycles. The van der Waals surface area contributed by atoms with Crippen molar-refractivity contribution in [1.82, 2.24) is 15.1 Å². The van der Waals surface area contributed by atoms with Crippen molar-refractivity contribution in [2.45, 2.75) is 71.4 Å². The third-order valence-electron chi connectivity index (χ3n) is 7.48. The summed E-state index contributed by atoms with van der Waals surface area (Å²) in [5.74, 6) is 0.476. The molecule has 0 unspecified atom stereocenters. The lowest BCUT2D eigenvalue weighted by atomic mass is 9.87. The van der Waals surface area contributed by atoms with E-state index >= 15 is 0 Å². The molecule has 206 valence electrons. The summed E-state index contributed by atoms with van der Waals surface area (Å²) in [5, 5.41) is 5.56. The first-order chi connectivity index (χ1) is 17.7. The van der Waals surface area contributed by atoms with Crippen molar-refractivity contribution in [1.29, 1.82) is 0 Å². The molecule has 1 fully saturated rings. The van der Waals surface area contributed by atoms with Crippen LogP contribution in [0.5, 0.6) is 5.75 Å². The van der Waals surface area contributed by atoms with Gasteiger partial charge in [-0.1, -0.05) is 33.1 Å². The van der Waals surface area contributed by atoms with Gasteiger partial charge >= 0.3 is 6.03 Å². The second kappa shape index (κ2) is 13.7. The van der Waals surface area contributed by atoms with Crippen molar-refractivity contribution in [2.24, 2.45) is 11.8 Å². The SMILES string of the molecule is CCCNC(=O)Nc1ccc2c(c1)C(=O)N(C)C[C@@H](OC)[C@H](C)CN(C(=O)C1CCCCC1)[C@@H](C)CO2. The largest absolute Gasteiger partial charge is 0.491 e. The molecule has 0 radical (unpaired) electrons. The van der Waals surface area contributed by atoms with Gasteiger partial charge in [0.15, 0.2) is 0 Å². The Morgan fingerprint density at radius 1 is 1.14 bits per heavy atom. The summed E-state index contributed by atoms with van der Waals surface area (Å²) < 4.78 is 12.0. The molecule has 3 rings (SSSR count). The standard InChI is InChI=1S/C28H44N4O5/c1-6-14-29-28(35)30-22-12-13-24-23(15-22)27(34)31(4)17-25(36-5)19(2)16-32(20(3)18-37-24)26(33)21-10-8-7-9-11-21/h12-13,15,19-21,25H,6-11,14,16-18H2,1-5H3,(H2,29,30,35)/t19-,20+,25-/m1/s1. The average Bonchev–Trinajstić information content (AvgIpc) is 2.91. The number of urea groups is 1. The Hall–Kier alpha value is -2.81. The van der Waals surface area contributed by atoms with E-state index in [1.807, 2.05) is 18.7 Å². The van der Waals surface area contributed by atoms with Gasteiger partial charge in [-0.15, -0.1) is 0 Å². The number of methoxy groups -OCH3 is 1. The molecule has 2 aliphatic rings. The number of amides is 4. The van der Waals surface area contributed by atoms with E-state index < -0.39 is 0 Å². The molecule has 9 nitrogen and oxygen atoms in total. The Labute approximate surface area is 221 Å². The Balaban J connectivity index is 1.90.